The SMILES string of the molecule is COc1cccc(CCC2C3CC4CC(C3)CC2C4)c1. The van der Waals surface area contributed by atoms with Crippen molar-refractivity contribution in [1.82, 2.24) is 0 Å². The summed E-state index contributed by atoms with van der Waals surface area (Å²) in [6.45, 7) is 0. The molecule has 0 heterocycles. The van der Waals surface area contributed by atoms with Gasteiger partial charge in [0.25, 0.3) is 0 Å². The number of hydrogen-bond acceptors (Lipinski definition) is 1. The summed E-state index contributed by atoms with van der Waals surface area (Å²) in [6.07, 6.45) is 10.4. The van der Waals surface area contributed by atoms with Crippen LogP contribution >= 0.6 is 0 Å². The molecule has 4 aliphatic carbocycles. The van der Waals surface area contributed by atoms with E-state index < -0.39 is 0 Å². The number of aryl methyl sites for hydroxylation is 1. The molecule has 0 aliphatic heterocycles. The standard InChI is InChI=1S/C19H26O/c1-20-18-4-2-3-13(12-18)5-6-19-16-8-14-7-15(10-16)11-17(19)9-14/h2-4,12,14-17,19H,5-11H2,1H3. The largest absolute Gasteiger partial charge is 0.497 e. The maximum Gasteiger partial charge on any atom is 0.119 e. The van der Waals surface area contributed by atoms with Crippen LogP contribution in [0, 0.1) is 29.6 Å². The van der Waals surface area contributed by atoms with Crippen molar-refractivity contribution >= 4 is 0 Å². The molecule has 0 N–H and O–H groups in total. The summed E-state index contributed by atoms with van der Waals surface area (Å²) in [5.74, 6) is 6.37. The Balaban J connectivity index is 1.42. The molecule has 5 rings (SSSR count). The van der Waals surface area contributed by atoms with Crippen LogP contribution in [0.4, 0.5) is 0 Å². The molecule has 0 saturated heterocycles. The summed E-state index contributed by atoms with van der Waals surface area (Å²) < 4.78 is 5.34. The van der Waals surface area contributed by atoms with E-state index in [9.17, 15) is 0 Å². The number of benzene rings is 1. The fourth-order valence-corrected chi connectivity index (χ4v) is 5.67. The lowest BCUT2D eigenvalue weighted by Crippen LogP contribution is -2.45. The zero-order valence-corrected chi connectivity index (χ0v) is 12.6. The predicted molar refractivity (Wildman–Crippen MR) is 81.9 cm³/mol. The summed E-state index contributed by atoms with van der Waals surface area (Å²) >= 11 is 0. The van der Waals surface area contributed by atoms with Gasteiger partial charge in [0.05, 0.1) is 7.11 Å². The first kappa shape index (κ1) is 12.7. The maximum atomic E-state index is 5.34. The zero-order valence-electron chi connectivity index (χ0n) is 12.6. The minimum Gasteiger partial charge on any atom is -0.497 e. The van der Waals surface area contributed by atoms with Gasteiger partial charge in [0.1, 0.15) is 5.75 Å². The third-order valence-electron chi connectivity index (χ3n) is 6.32. The second-order valence-electron chi connectivity index (χ2n) is 7.48. The van der Waals surface area contributed by atoms with Crippen LogP contribution in [-0.2, 0) is 6.42 Å². The first-order valence-corrected chi connectivity index (χ1v) is 8.44. The molecule has 20 heavy (non-hydrogen) atoms. The van der Waals surface area contributed by atoms with Gasteiger partial charge in [-0.05, 0) is 92.2 Å². The lowest BCUT2D eigenvalue weighted by molar-refractivity contribution is -0.0394. The van der Waals surface area contributed by atoms with Crippen molar-refractivity contribution in [3.05, 3.63) is 29.8 Å². The van der Waals surface area contributed by atoms with Crippen LogP contribution in [0.5, 0.6) is 5.75 Å². The number of methoxy groups -OCH3 is 1. The van der Waals surface area contributed by atoms with E-state index in [1.54, 1.807) is 39.2 Å². The summed E-state index contributed by atoms with van der Waals surface area (Å²) in [5.41, 5.74) is 1.46. The Morgan fingerprint density at radius 3 is 2.35 bits per heavy atom. The van der Waals surface area contributed by atoms with Gasteiger partial charge >= 0.3 is 0 Å². The third-order valence-corrected chi connectivity index (χ3v) is 6.32. The first-order valence-electron chi connectivity index (χ1n) is 8.44. The van der Waals surface area contributed by atoms with E-state index in [2.05, 4.69) is 18.2 Å². The Hall–Kier alpha value is -0.980. The Bertz CT molecular complexity index is 450. The van der Waals surface area contributed by atoms with E-state index in [1.165, 1.54) is 18.4 Å². The van der Waals surface area contributed by atoms with Gasteiger partial charge in [-0.25, -0.2) is 0 Å². The minimum absolute atomic E-state index is 1.01. The lowest BCUT2D eigenvalue weighted by atomic mass is 9.51. The molecule has 1 aromatic rings. The van der Waals surface area contributed by atoms with Crippen LogP contribution in [0.3, 0.4) is 0 Å². The summed E-state index contributed by atoms with van der Waals surface area (Å²) in [5, 5.41) is 0. The molecular formula is C19H26O. The number of ether oxygens (including phenoxy) is 1. The van der Waals surface area contributed by atoms with Gasteiger partial charge in [0, 0.05) is 0 Å². The van der Waals surface area contributed by atoms with Crippen molar-refractivity contribution in [2.75, 3.05) is 7.11 Å². The third kappa shape index (κ3) is 2.25. The second kappa shape index (κ2) is 5.09. The van der Waals surface area contributed by atoms with Crippen molar-refractivity contribution in [2.45, 2.75) is 44.9 Å². The summed E-state index contributed by atoms with van der Waals surface area (Å²) in [7, 11) is 1.76. The molecule has 0 unspecified atom stereocenters. The van der Waals surface area contributed by atoms with Crippen LogP contribution in [0.15, 0.2) is 24.3 Å². The van der Waals surface area contributed by atoms with E-state index in [0.29, 0.717) is 0 Å². The van der Waals surface area contributed by atoms with Gasteiger partial charge in [0.15, 0.2) is 0 Å². The van der Waals surface area contributed by atoms with Crippen molar-refractivity contribution in [1.29, 1.82) is 0 Å². The van der Waals surface area contributed by atoms with Crippen LogP contribution in [0.1, 0.15) is 44.1 Å². The van der Waals surface area contributed by atoms with E-state index in [4.69, 9.17) is 4.74 Å². The van der Waals surface area contributed by atoms with Crippen molar-refractivity contribution in [2.24, 2.45) is 29.6 Å². The van der Waals surface area contributed by atoms with Gasteiger partial charge in [0.2, 0.25) is 0 Å². The second-order valence-corrected chi connectivity index (χ2v) is 7.48. The Labute approximate surface area is 122 Å². The summed E-state index contributed by atoms with van der Waals surface area (Å²) in [4.78, 5) is 0. The van der Waals surface area contributed by atoms with E-state index in [0.717, 1.165) is 35.3 Å². The topological polar surface area (TPSA) is 9.23 Å². The van der Waals surface area contributed by atoms with Gasteiger partial charge in [-0.3, -0.25) is 0 Å². The molecule has 108 valence electrons. The van der Waals surface area contributed by atoms with Crippen LogP contribution in [0.25, 0.3) is 0 Å². The van der Waals surface area contributed by atoms with Crippen molar-refractivity contribution in [3.63, 3.8) is 0 Å². The molecule has 4 bridgehead atoms. The van der Waals surface area contributed by atoms with E-state index in [-0.39, 0.29) is 0 Å². The number of rotatable bonds is 4. The molecule has 0 amide bonds. The molecule has 4 aliphatic rings. The molecule has 0 aromatic heterocycles. The quantitative estimate of drug-likeness (QED) is 0.770. The van der Waals surface area contributed by atoms with Crippen molar-refractivity contribution < 1.29 is 4.74 Å². The molecule has 0 radical (unpaired) electrons. The highest BCUT2D eigenvalue weighted by Crippen LogP contribution is 2.57. The van der Waals surface area contributed by atoms with Gasteiger partial charge in [-0.1, -0.05) is 12.1 Å². The first-order chi connectivity index (χ1) is 9.81. The van der Waals surface area contributed by atoms with Gasteiger partial charge < -0.3 is 4.74 Å². The monoisotopic (exact) mass is 270 g/mol. The fourth-order valence-electron chi connectivity index (χ4n) is 5.67. The molecule has 4 fully saturated rings. The Morgan fingerprint density at radius 1 is 1.00 bits per heavy atom. The average molecular weight is 270 g/mol. The molecule has 0 atom stereocenters. The average Bonchev–Trinajstić information content (AvgIpc) is 2.46. The minimum atomic E-state index is 1.01. The van der Waals surface area contributed by atoms with E-state index in [1.807, 2.05) is 6.07 Å². The zero-order chi connectivity index (χ0) is 13.5. The molecule has 4 saturated carbocycles. The van der Waals surface area contributed by atoms with Crippen molar-refractivity contribution in [3.8, 4) is 5.75 Å². The Morgan fingerprint density at radius 2 is 1.70 bits per heavy atom. The highest BCUT2D eigenvalue weighted by Gasteiger charge is 2.47. The number of hydrogen-bond donors (Lipinski definition) is 0. The predicted octanol–water partition coefficient (Wildman–Crippen LogP) is 4.70. The van der Waals surface area contributed by atoms with Crippen LogP contribution < -0.4 is 4.74 Å². The van der Waals surface area contributed by atoms with Gasteiger partial charge in [-0.15, -0.1) is 0 Å². The highest BCUT2D eigenvalue weighted by atomic mass is 16.5. The maximum absolute atomic E-state index is 5.34. The van der Waals surface area contributed by atoms with E-state index >= 15 is 0 Å². The molecule has 1 aromatic carbocycles. The van der Waals surface area contributed by atoms with Crippen LogP contribution in [0.2, 0.25) is 0 Å². The van der Waals surface area contributed by atoms with Gasteiger partial charge in [-0.2, -0.15) is 0 Å². The molecule has 1 heteroatoms. The smallest absolute Gasteiger partial charge is 0.119 e. The summed E-state index contributed by atoms with van der Waals surface area (Å²) in [6, 6.07) is 8.66. The molecule has 0 spiro atoms. The highest BCUT2D eigenvalue weighted by molar-refractivity contribution is 5.28. The Kier molecular flexibility index (Phi) is 3.24. The molecule has 1 nitrogen and oxygen atoms in total. The normalized spacial score (nSPS) is 38.1. The molecular weight excluding hydrogens is 244 g/mol. The lowest BCUT2D eigenvalue weighted by Gasteiger charge is -2.54. The van der Waals surface area contributed by atoms with Crippen LogP contribution in [-0.4, -0.2) is 7.11 Å². The fraction of sp³-hybridized carbons (Fsp3) is 0.684.